The van der Waals surface area contributed by atoms with Crippen LogP contribution in [0.25, 0.3) is 57.4 Å². The number of fused-ring (bicyclic) bond motifs is 14. The standard InChI is InChI=1S/C96H61B2N5OTe2/c1-7-30-62(31-8-1)70-44-27-45-71(63-32-9-2-10-33-63)94(70)103-84-61-88-79(98-76-48-21-23-50-80(76)101(67-40-17-6-18-41-67)87-58-69(59-89(104-88)93(87)98)99(64-34-11-3-12-35-64)65-36-13-4-14-37-65)60-78(84)97-77-49-22-24-51-81(77)102(83-53-29-47-75-73-43-20-26-55-91(73)106-96(75)83)85-56-68(57-86(103)92(85)97)100(66-38-15-5-16-39-66)82-52-28-46-74-72-42-19-25-54-90(72)105-95(74)82/h1-61H. The number of benzene rings is 16. The topological polar surface area (TPSA) is 25.4 Å². The van der Waals surface area contributed by atoms with E-state index in [0.29, 0.717) is 0 Å². The molecule has 494 valence electrons. The molecule has 0 bridgehead atoms. The van der Waals surface area contributed by atoms with Gasteiger partial charge in [-0.05, 0) is 48.5 Å². The molecule has 0 saturated carbocycles. The van der Waals surface area contributed by atoms with Gasteiger partial charge in [-0.25, -0.2) is 0 Å². The molecular formula is C96H61B2N5OTe2. The van der Waals surface area contributed by atoms with Crippen LogP contribution in [-0.2, 0) is 0 Å². The summed E-state index contributed by atoms with van der Waals surface area (Å²) in [7, 11) is 0. The second kappa shape index (κ2) is 24.9. The molecule has 10 heteroatoms. The van der Waals surface area contributed by atoms with Crippen LogP contribution in [0.5, 0.6) is 11.5 Å². The summed E-state index contributed by atoms with van der Waals surface area (Å²) in [5, 5.41) is 5.39. The minimum absolute atomic E-state index is 0.227. The predicted octanol–water partition coefficient (Wildman–Crippen LogP) is 21.2. The van der Waals surface area contributed by atoms with Crippen molar-refractivity contribution in [2.45, 2.75) is 0 Å². The molecule has 22 rings (SSSR count). The first-order chi connectivity index (χ1) is 52.6. The summed E-state index contributed by atoms with van der Waals surface area (Å²) in [5.74, 6) is 1.64. The van der Waals surface area contributed by atoms with Gasteiger partial charge in [0.25, 0.3) is 0 Å². The van der Waals surface area contributed by atoms with Crippen LogP contribution in [0, 0.1) is 0 Å². The SMILES string of the molecule is c1ccc(-c2cccc(-c3ccccc3)c2N2c3cc4c(cc3B3c5ccccc5N(c5cccc6c5[te]c5ccccc56)c5cc(N(c6ccccc6)c6cccc7c6[te]c6ccccc67)cc2c53)B2c3ccccc3N(c3ccccc3)c3cc(N(c5ccccc5)c5ccccc5)cc(c32)O4)cc1. The van der Waals surface area contributed by atoms with Crippen molar-refractivity contribution < 1.29 is 4.74 Å². The second-order valence-electron chi connectivity index (χ2n) is 27.8. The van der Waals surface area contributed by atoms with Crippen LogP contribution in [0.1, 0.15) is 0 Å². The van der Waals surface area contributed by atoms with Crippen molar-refractivity contribution in [3.8, 4) is 33.8 Å². The van der Waals surface area contributed by atoms with Crippen LogP contribution in [0.3, 0.4) is 0 Å². The number of rotatable bonds is 11. The normalized spacial score (nSPS) is 12.9. The fourth-order valence-corrected chi connectivity index (χ4v) is 24.5. The zero-order valence-electron chi connectivity index (χ0n) is 57.3. The first-order valence-corrected chi connectivity index (χ1v) is 40.9. The van der Waals surface area contributed by atoms with Gasteiger partial charge in [-0.15, -0.1) is 0 Å². The van der Waals surface area contributed by atoms with Gasteiger partial charge >= 0.3 is 475 Å². The third kappa shape index (κ3) is 9.59. The third-order valence-electron chi connectivity index (χ3n) is 22.0. The molecule has 4 aliphatic rings. The molecule has 0 radical (unpaired) electrons. The molecule has 0 amide bonds. The third-order valence-corrected chi connectivity index (χ3v) is 28.9. The van der Waals surface area contributed by atoms with Crippen molar-refractivity contribution in [3.63, 3.8) is 0 Å². The summed E-state index contributed by atoms with van der Waals surface area (Å²) in [6, 6.07) is 139. The monoisotopic (exact) mass is 1580 g/mol. The van der Waals surface area contributed by atoms with Gasteiger partial charge in [-0.2, -0.15) is 0 Å². The maximum atomic E-state index is 8.03. The Balaban J connectivity index is 0.881. The van der Waals surface area contributed by atoms with Crippen molar-refractivity contribution in [2.75, 3.05) is 24.5 Å². The molecule has 0 N–H and O–H groups in total. The molecular weight excluding hydrogens is 1520 g/mol. The number of hydrogen-bond acceptors (Lipinski definition) is 6. The Hall–Kier alpha value is -12.0. The van der Waals surface area contributed by atoms with E-state index in [-0.39, 0.29) is 13.4 Å². The average molecular weight is 1580 g/mol. The number of ether oxygens (including phenoxy) is 1. The van der Waals surface area contributed by atoms with Gasteiger partial charge in [0.2, 0.25) is 0 Å². The molecule has 16 aromatic carbocycles. The summed E-state index contributed by atoms with van der Waals surface area (Å²) >= 11 is -1.67. The summed E-state index contributed by atoms with van der Waals surface area (Å²) in [6.45, 7) is -0.479. The van der Waals surface area contributed by atoms with Gasteiger partial charge in [0.05, 0.1) is 5.69 Å². The molecule has 0 fully saturated rings. The van der Waals surface area contributed by atoms with E-state index in [1.54, 1.807) is 0 Å². The Labute approximate surface area is 635 Å². The first kappa shape index (κ1) is 61.5. The minimum atomic E-state index is -0.844. The van der Waals surface area contributed by atoms with E-state index in [2.05, 4.69) is 395 Å². The zero-order valence-corrected chi connectivity index (χ0v) is 62.0. The van der Waals surface area contributed by atoms with Crippen LogP contribution >= 0.6 is 0 Å². The van der Waals surface area contributed by atoms with E-state index < -0.39 is 40.9 Å². The first-order valence-electron chi connectivity index (χ1n) is 36.3. The van der Waals surface area contributed by atoms with Crippen molar-refractivity contribution in [2.24, 2.45) is 0 Å². The summed E-state index contributed by atoms with van der Waals surface area (Å²) in [4.78, 5) is 12.8. The molecule has 0 saturated heterocycles. The molecule has 6 nitrogen and oxygen atoms in total. The van der Waals surface area contributed by atoms with E-state index in [0.717, 1.165) is 113 Å². The number of anilines is 15. The molecule has 0 aliphatic carbocycles. The average Bonchev–Trinajstić information content (AvgIpc) is 0.964. The molecule has 18 aromatic rings. The van der Waals surface area contributed by atoms with Gasteiger partial charge < -0.3 is 9.80 Å². The van der Waals surface area contributed by atoms with E-state index >= 15 is 0 Å². The van der Waals surface area contributed by atoms with Gasteiger partial charge in [0.1, 0.15) is 0 Å². The molecule has 0 unspecified atom stereocenters. The van der Waals surface area contributed by atoms with E-state index in [9.17, 15) is 0 Å². The van der Waals surface area contributed by atoms with Crippen LogP contribution < -0.4 is 62.0 Å². The number of nitrogens with zero attached hydrogens (tertiary/aromatic N) is 5. The number of para-hydroxylation sites is 7. The van der Waals surface area contributed by atoms with Crippen molar-refractivity contribution in [3.05, 3.63) is 370 Å². The van der Waals surface area contributed by atoms with Gasteiger partial charge in [-0.1, -0.05) is 78.9 Å². The number of hydrogen-bond donors (Lipinski definition) is 0. The second-order valence-corrected chi connectivity index (χ2v) is 33.8. The Morgan fingerprint density at radius 2 is 0.708 bits per heavy atom. The molecule has 6 heterocycles. The van der Waals surface area contributed by atoms with Gasteiger partial charge in [-0.3, -0.25) is 0 Å². The van der Waals surface area contributed by atoms with Gasteiger partial charge in [0, 0.05) is 23.1 Å². The summed E-state index contributed by atoms with van der Waals surface area (Å²) < 4.78 is 13.9. The van der Waals surface area contributed by atoms with E-state index in [4.69, 9.17) is 4.74 Å². The van der Waals surface area contributed by atoms with E-state index in [1.807, 2.05) is 0 Å². The fourth-order valence-electron chi connectivity index (χ4n) is 17.6. The Morgan fingerprint density at radius 1 is 0.264 bits per heavy atom. The Bertz CT molecular complexity index is 6460. The van der Waals surface area contributed by atoms with Gasteiger partial charge in [0.15, 0.2) is 0 Å². The van der Waals surface area contributed by atoms with Crippen LogP contribution in [0.15, 0.2) is 370 Å². The van der Waals surface area contributed by atoms with Crippen LogP contribution in [0.4, 0.5) is 85.3 Å². The Kier molecular flexibility index (Phi) is 14.4. The molecule has 4 aliphatic heterocycles. The predicted molar refractivity (Wildman–Crippen MR) is 450 cm³/mol. The fraction of sp³-hybridized carbons (Fsp3) is 0. The Morgan fingerprint density at radius 3 is 1.32 bits per heavy atom. The quantitative estimate of drug-likeness (QED) is 0.120. The summed E-state index contributed by atoms with van der Waals surface area (Å²) in [6.07, 6.45) is 0. The van der Waals surface area contributed by atoms with Crippen molar-refractivity contribution >= 4 is 208 Å². The molecule has 0 spiro atoms. The van der Waals surface area contributed by atoms with Crippen LogP contribution in [-0.4, -0.2) is 54.3 Å². The molecule has 0 atom stereocenters. The van der Waals surface area contributed by atoms with E-state index in [1.165, 1.54) is 74.1 Å². The van der Waals surface area contributed by atoms with Crippen LogP contribution in [0.2, 0.25) is 0 Å². The summed E-state index contributed by atoms with van der Waals surface area (Å²) in [5.41, 5.74) is 28.3. The van der Waals surface area contributed by atoms with Crippen molar-refractivity contribution in [1.82, 2.24) is 0 Å². The molecule has 106 heavy (non-hydrogen) atoms. The van der Waals surface area contributed by atoms with Crippen molar-refractivity contribution in [1.29, 1.82) is 0 Å². The zero-order chi connectivity index (χ0) is 69.5. The molecule has 2 aromatic heterocycles. The maximum absolute atomic E-state index is 8.03.